The molecule has 0 aliphatic rings. The first-order valence-corrected chi connectivity index (χ1v) is 6.66. The fraction of sp³-hybridized carbons (Fsp3) is 0.429. The summed E-state index contributed by atoms with van der Waals surface area (Å²) < 4.78 is 5.92. The van der Waals surface area contributed by atoms with Gasteiger partial charge in [-0.05, 0) is 26.0 Å². The number of hydrogen-bond donors (Lipinski definition) is 0. The molecule has 112 valence electrons. The van der Waals surface area contributed by atoms with Gasteiger partial charge in [0.05, 0.1) is 25.7 Å². The van der Waals surface area contributed by atoms with Crippen LogP contribution in [0.2, 0.25) is 0 Å². The van der Waals surface area contributed by atoms with Crippen LogP contribution in [0.3, 0.4) is 0 Å². The molecule has 0 N–H and O–H groups in total. The Hall–Kier alpha value is -2.28. The zero-order chi connectivity index (χ0) is 15.4. The van der Waals surface area contributed by atoms with Crippen molar-refractivity contribution in [1.29, 1.82) is 0 Å². The summed E-state index contributed by atoms with van der Waals surface area (Å²) in [6.07, 6.45) is 0. The zero-order valence-electron chi connectivity index (χ0n) is 12.3. The molecule has 2 aromatic rings. The van der Waals surface area contributed by atoms with Gasteiger partial charge in [0.1, 0.15) is 5.52 Å². The van der Waals surface area contributed by atoms with Gasteiger partial charge in [-0.1, -0.05) is 17.3 Å². The van der Waals surface area contributed by atoms with Crippen LogP contribution in [-0.4, -0.2) is 45.6 Å². The Morgan fingerprint density at radius 3 is 2.76 bits per heavy atom. The van der Waals surface area contributed by atoms with E-state index in [1.807, 2.05) is 13.8 Å². The number of carbonyl (C=O) groups excluding carboxylic acids is 1. The summed E-state index contributed by atoms with van der Waals surface area (Å²) in [6, 6.07) is 7.10. The van der Waals surface area contributed by atoms with E-state index in [1.165, 1.54) is 11.8 Å². The van der Waals surface area contributed by atoms with Crippen molar-refractivity contribution in [2.75, 3.05) is 13.7 Å². The van der Waals surface area contributed by atoms with Crippen molar-refractivity contribution in [2.45, 2.75) is 26.6 Å². The Bertz CT molecular complexity index is 696. The van der Waals surface area contributed by atoms with Gasteiger partial charge in [0.25, 0.3) is 5.56 Å². The van der Waals surface area contributed by atoms with Crippen LogP contribution >= 0.6 is 0 Å². The van der Waals surface area contributed by atoms with Gasteiger partial charge in [-0.25, -0.2) is 0 Å². The van der Waals surface area contributed by atoms with Crippen LogP contribution in [0.25, 0.3) is 10.9 Å². The summed E-state index contributed by atoms with van der Waals surface area (Å²) >= 11 is 0. The van der Waals surface area contributed by atoms with E-state index < -0.39 is 0 Å². The highest BCUT2D eigenvalue weighted by molar-refractivity contribution is 5.76. The van der Waals surface area contributed by atoms with Gasteiger partial charge in [0.2, 0.25) is 0 Å². The van der Waals surface area contributed by atoms with E-state index in [4.69, 9.17) is 0 Å². The van der Waals surface area contributed by atoms with E-state index in [9.17, 15) is 9.59 Å². The Morgan fingerprint density at radius 2 is 2.10 bits per heavy atom. The molecule has 1 aromatic heterocycles. The maximum absolute atomic E-state index is 12.4. The minimum atomic E-state index is -0.356. The van der Waals surface area contributed by atoms with Crippen molar-refractivity contribution in [1.82, 2.24) is 19.9 Å². The molecule has 0 aliphatic heterocycles. The molecule has 7 nitrogen and oxygen atoms in total. The van der Waals surface area contributed by atoms with Gasteiger partial charge in [0, 0.05) is 6.04 Å². The van der Waals surface area contributed by atoms with Gasteiger partial charge in [-0.15, -0.1) is 5.10 Å². The molecule has 0 saturated carbocycles. The normalized spacial score (nSPS) is 11.3. The Kier molecular flexibility index (Phi) is 4.64. The van der Waals surface area contributed by atoms with Gasteiger partial charge >= 0.3 is 5.97 Å². The average molecular weight is 290 g/mol. The zero-order valence-corrected chi connectivity index (χ0v) is 12.3. The van der Waals surface area contributed by atoms with Crippen molar-refractivity contribution >= 4 is 16.9 Å². The van der Waals surface area contributed by atoms with Gasteiger partial charge < -0.3 is 4.74 Å². The Morgan fingerprint density at radius 1 is 1.38 bits per heavy atom. The summed E-state index contributed by atoms with van der Waals surface area (Å²) in [7, 11) is 1.34. The van der Waals surface area contributed by atoms with E-state index in [2.05, 4.69) is 15.0 Å². The summed E-state index contributed by atoms with van der Waals surface area (Å²) in [4.78, 5) is 25.6. The number of aromatic nitrogens is 3. The molecule has 7 heteroatoms. The lowest BCUT2D eigenvalue weighted by molar-refractivity contribution is -0.143. The molecule has 0 bridgehead atoms. The van der Waals surface area contributed by atoms with Crippen LogP contribution in [0.4, 0.5) is 0 Å². The summed E-state index contributed by atoms with van der Waals surface area (Å²) in [6.45, 7) is 4.14. The number of rotatable bonds is 5. The first-order chi connectivity index (χ1) is 10.0. The first-order valence-electron chi connectivity index (χ1n) is 6.66. The first kappa shape index (κ1) is 15.1. The molecule has 0 aliphatic carbocycles. The number of benzene rings is 1. The second-order valence-corrected chi connectivity index (χ2v) is 4.97. The molecular weight excluding hydrogens is 272 g/mol. The van der Waals surface area contributed by atoms with Crippen LogP contribution < -0.4 is 5.56 Å². The predicted octanol–water partition coefficient (Wildman–Crippen LogP) is 0.632. The molecular formula is C14H18N4O3. The number of carbonyl (C=O) groups is 1. The molecule has 2 rings (SSSR count). The summed E-state index contributed by atoms with van der Waals surface area (Å²) in [5.41, 5.74) is 0.332. The highest BCUT2D eigenvalue weighted by Crippen LogP contribution is 2.05. The number of fused-ring (bicyclic) bond motifs is 1. The molecule has 0 radical (unpaired) electrons. The van der Waals surface area contributed by atoms with Crippen molar-refractivity contribution in [3.63, 3.8) is 0 Å². The predicted molar refractivity (Wildman–Crippen MR) is 77.7 cm³/mol. The molecule has 0 amide bonds. The summed E-state index contributed by atoms with van der Waals surface area (Å²) in [5.74, 6) is -0.356. The van der Waals surface area contributed by atoms with Gasteiger partial charge in [-0.3, -0.25) is 14.5 Å². The minimum Gasteiger partial charge on any atom is -0.468 e. The lowest BCUT2D eigenvalue weighted by atomic mass is 10.2. The van der Waals surface area contributed by atoms with E-state index in [0.29, 0.717) is 10.9 Å². The second-order valence-electron chi connectivity index (χ2n) is 4.97. The second kappa shape index (κ2) is 6.45. The van der Waals surface area contributed by atoms with E-state index in [-0.39, 0.29) is 30.8 Å². The van der Waals surface area contributed by atoms with Crippen LogP contribution in [0.15, 0.2) is 29.1 Å². The highest BCUT2D eigenvalue weighted by atomic mass is 16.5. The third kappa shape index (κ3) is 3.43. The smallest absolute Gasteiger partial charge is 0.319 e. The molecule has 21 heavy (non-hydrogen) atoms. The largest absolute Gasteiger partial charge is 0.468 e. The highest BCUT2D eigenvalue weighted by Gasteiger charge is 2.16. The van der Waals surface area contributed by atoms with E-state index in [1.54, 1.807) is 29.2 Å². The van der Waals surface area contributed by atoms with Gasteiger partial charge in [0.15, 0.2) is 0 Å². The fourth-order valence-corrected chi connectivity index (χ4v) is 1.91. The van der Waals surface area contributed by atoms with Crippen LogP contribution in [0, 0.1) is 0 Å². The molecule has 1 heterocycles. The van der Waals surface area contributed by atoms with E-state index in [0.717, 1.165) is 0 Å². The third-order valence-electron chi connectivity index (χ3n) is 3.24. The summed E-state index contributed by atoms with van der Waals surface area (Å²) in [5, 5.41) is 8.45. The van der Waals surface area contributed by atoms with Crippen molar-refractivity contribution in [2.24, 2.45) is 0 Å². The standard InChI is InChI=1S/C14H18N4O3/c1-10(2)17(8-13(19)21-3)9-18-14(20)11-6-4-5-7-12(11)15-16-18/h4-7,10H,8-9H2,1-3H3. The quantitative estimate of drug-likeness (QED) is 0.752. The Labute approximate surface area is 122 Å². The maximum atomic E-state index is 12.4. The average Bonchev–Trinajstić information content (AvgIpc) is 2.49. The molecule has 0 fully saturated rings. The monoisotopic (exact) mass is 290 g/mol. The van der Waals surface area contributed by atoms with Gasteiger partial charge in [-0.2, -0.15) is 4.68 Å². The molecule has 0 spiro atoms. The van der Waals surface area contributed by atoms with Crippen molar-refractivity contribution in [3.8, 4) is 0 Å². The number of ether oxygens (including phenoxy) is 1. The number of hydrogen-bond acceptors (Lipinski definition) is 6. The van der Waals surface area contributed by atoms with E-state index >= 15 is 0 Å². The lowest BCUT2D eigenvalue weighted by Crippen LogP contribution is -2.41. The van der Waals surface area contributed by atoms with Crippen molar-refractivity contribution < 1.29 is 9.53 Å². The van der Waals surface area contributed by atoms with Crippen LogP contribution in [0.1, 0.15) is 13.8 Å². The number of methoxy groups -OCH3 is 1. The fourth-order valence-electron chi connectivity index (χ4n) is 1.91. The van der Waals surface area contributed by atoms with Crippen molar-refractivity contribution in [3.05, 3.63) is 34.6 Å². The molecule has 0 saturated heterocycles. The lowest BCUT2D eigenvalue weighted by Gasteiger charge is -2.24. The topological polar surface area (TPSA) is 77.3 Å². The Balaban J connectivity index is 2.31. The van der Waals surface area contributed by atoms with Crippen LogP contribution in [-0.2, 0) is 16.2 Å². The van der Waals surface area contributed by atoms with Crippen LogP contribution in [0.5, 0.6) is 0 Å². The maximum Gasteiger partial charge on any atom is 0.319 e. The SMILES string of the molecule is COC(=O)CN(Cn1nnc2ccccc2c1=O)C(C)C. The number of esters is 1. The molecule has 1 aromatic carbocycles. The third-order valence-corrected chi connectivity index (χ3v) is 3.24. The molecule has 0 atom stereocenters. The number of nitrogens with zero attached hydrogens (tertiary/aromatic N) is 4. The molecule has 0 unspecified atom stereocenters. The minimum absolute atomic E-state index is 0.0595.